The summed E-state index contributed by atoms with van der Waals surface area (Å²) in [6, 6.07) is 1.05. The third-order valence-electron chi connectivity index (χ3n) is 3.34. The molecule has 0 aromatic heterocycles. The van der Waals surface area contributed by atoms with Crippen molar-refractivity contribution in [1.82, 2.24) is 15.5 Å². The van der Waals surface area contributed by atoms with Gasteiger partial charge in [0.15, 0.2) is 0 Å². The Balaban J connectivity index is 1.98. The monoisotopic (exact) mass is 197 g/mol. The van der Waals surface area contributed by atoms with Crippen molar-refractivity contribution in [2.75, 3.05) is 20.1 Å². The SMILES string of the molecule is CNC(=O)N1CCCC1C1CCCN1. The highest BCUT2D eigenvalue weighted by Crippen LogP contribution is 2.24. The van der Waals surface area contributed by atoms with Crippen LogP contribution in [0, 0.1) is 0 Å². The number of amides is 2. The second kappa shape index (κ2) is 4.17. The molecule has 4 heteroatoms. The van der Waals surface area contributed by atoms with Crippen LogP contribution >= 0.6 is 0 Å². The fourth-order valence-electron chi connectivity index (χ4n) is 2.65. The van der Waals surface area contributed by atoms with Crippen LogP contribution in [-0.2, 0) is 0 Å². The predicted molar refractivity (Wildman–Crippen MR) is 55.2 cm³/mol. The molecule has 0 spiro atoms. The maximum Gasteiger partial charge on any atom is 0.317 e. The smallest absolute Gasteiger partial charge is 0.317 e. The van der Waals surface area contributed by atoms with E-state index in [9.17, 15) is 4.79 Å². The molecule has 2 saturated heterocycles. The van der Waals surface area contributed by atoms with Crippen LogP contribution in [0.4, 0.5) is 4.79 Å². The normalized spacial score (nSPS) is 32.2. The summed E-state index contributed by atoms with van der Waals surface area (Å²) in [7, 11) is 1.71. The highest BCUT2D eigenvalue weighted by atomic mass is 16.2. The highest BCUT2D eigenvalue weighted by molar-refractivity contribution is 5.74. The molecular weight excluding hydrogens is 178 g/mol. The minimum absolute atomic E-state index is 0.0844. The van der Waals surface area contributed by atoms with Crippen molar-refractivity contribution in [2.45, 2.75) is 37.8 Å². The van der Waals surface area contributed by atoms with E-state index in [0.717, 1.165) is 25.9 Å². The van der Waals surface area contributed by atoms with E-state index in [1.54, 1.807) is 7.05 Å². The molecule has 2 atom stereocenters. The summed E-state index contributed by atoms with van der Waals surface area (Å²) in [6.45, 7) is 2.03. The minimum atomic E-state index is 0.0844. The molecule has 0 aliphatic carbocycles. The van der Waals surface area contributed by atoms with Gasteiger partial charge in [0.1, 0.15) is 0 Å². The van der Waals surface area contributed by atoms with Crippen molar-refractivity contribution in [3.8, 4) is 0 Å². The fourth-order valence-corrected chi connectivity index (χ4v) is 2.65. The number of rotatable bonds is 1. The first-order chi connectivity index (χ1) is 6.83. The van der Waals surface area contributed by atoms with Crippen LogP contribution in [-0.4, -0.2) is 43.2 Å². The van der Waals surface area contributed by atoms with Gasteiger partial charge in [-0.3, -0.25) is 0 Å². The number of likely N-dealkylation sites (tertiary alicyclic amines) is 1. The number of hydrogen-bond acceptors (Lipinski definition) is 2. The van der Waals surface area contributed by atoms with Gasteiger partial charge in [-0.05, 0) is 32.2 Å². The Morgan fingerprint density at radius 2 is 2.29 bits per heavy atom. The van der Waals surface area contributed by atoms with Gasteiger partial charge in [0.25, 0.3) is 0 Å². The van der Waals surface area contributed by atoms with Gasteiger partial charge in [0.2, 0.25) is 0 Å². The lowest BCUT2D eigenvalue weighted by Gasteiger charge is -2.29. The van der Waals surface area contributed by atoms with E-state index in [4.69, 9.17) is 0 Å². The third-order valence-corrected chi connectivity index (χ3v) is 3.34. The van der Waals surface area contributed by atoms with Gasteiger partial charge >= 0.3 is 6.03 Å². The van der Waals surface area contributed by atoms with Crippen molar-refractivity contribution in [1.29, 1.82) is 0 Å². The van der Waals surface area contributed by atoms with E-state index in [-0.39, 0.29) is 6.03 Å². The molecular formula is C10H19N3O. The molecule has 0 aromatic rings. The summed E-state index contributed by atoms with van der Waals surface area (Å²) in [5.41, 5.74) is 0. The first kappa shape index (κ1) is 9.77. The summed E-state index contributed by atoms with van der Waals surface area (Å²) in [4.78, 5) is 13.6. The van der Waals surface area contributed by atoms with Crippen molar-refractivity contribution < 1.29 is 4.79 Å². The lowest BCUT2D eigenvalue weighted by atomic mass is 10.0. The van der Waals surface area contributed by atoms with Crippen LogP contribution in [0.5, 0.6) is 0 Å². The average molecular weight is 197 g/mol. The number of carbonyl (C=O) groups excluding carboxylic acids is 1. The van der Waals surface area contributed by atoms with E-state index in [1.165, 1.54) is 12.8 Å². The Morgan fingerprint density at radius 3 is 2.93 bits per heavy atom. The van der Waals surface area contributed by atoms with Gasteiger partial charge in [-0.2, -0.15) is 0 Å². The van der Waals surface area contributed by atoms with Gasteiger partial charge < -0.3 is 15.5 Å². The van der Waals surface area contributed by atoms with Crippen molar-refractivity contribution in [2.24, 2.45) is 0 Å². The molecule has 2 rings (SSSR count). The molecule has 80 valence electrons. The van der Waals surface area contributed by atoms with Crippen LogP contribution in [0.15, 0.2) is 0 Å². The van der Waals surface area contributed by atoms with Crippen LogP contribution < -0.4 is 10.6 Å². The third kappa shape index (κ3) is 1.71. The van der Waals surface area contributed by atoms with Gasteiger partial charge in [0.05, 0.1) is 0 Å². The lowest BCUT2D eigenvalue weighted by Crippen LogP contribution is -2.49. The molecule has 2 heterocycles. The molecule has 14 heavy (non-hydrogen) atoms. The van der Waals surface area contributed by atoms with Crippen molar-refractivity contribution >= 4 is 6.03 Å². The first-order valence-electron chi connectivity index (χ1n) is 5.54. The van der Waals surface area contributed by atoms with Gasteiger partial charge in [-0.25, -0.2) is 4.79 Å². The number of nitrogens with zero attached hydrogens (tertiary/aromatic N) is 1. The number of hydrogen-bond donors (Lipinski definition) is 2. The number of urea groups is 1. The quantitative estimate of drug-likeness (QED) is 0.644. The van der Waals surface area contributed by atoms with E-state index < -0.39 is 0 Å². The van der Waals surface area contributed by atoms with Crippen LogP contribution in [0.3, 0.4) is 0 Å². The summed E-state index contributed by atoms with van der Waals surface area (Å²) < 4.78 is 0. The molecule has 2 fully saturated rings. The average Bonchev–Trinajstić information content (AvgIpc) is 2.85. The zero-order valence-corrected chi connectivity index (χ0v) is 8.75. The van der Waals surface area contributed by atoms with Gasteiger partial charge in [0, 0.05) is 25.7 Å². The summed E-state index contributed by atoms with van der Waals surface area (Å²) in [6.07, 6.45) is 4.78. The van der Waals surface area contributed by atoms with Gasteiger partial charge in [-0.15, -0.1) is 0 Å². The second-order valence-electron chi connectivity index (χ2n) is 4.16. The molecule has 0 saturated carbocycles. The molecule has 4 nitrogen and oxygen atoms in total. The van der Waals surface area contributed by atoms with Crippen LogP contribution in [0.1, 0.15) is 25.7 Å². The molecule has 0 bridgehead atoms. The van der Waals surface area contributed by atoms with E-state index in [2.05, 4.69) is 10.6 Å². The Morgan fingerprint density at radius 1 is 1.43 bits per heavy atom. The van der Waals surface area contributed by atoms with E-state index in [1.807, 2.05) is 4.90 Å². The molecule has 2 amide bonds. The van der Waals surface area contributed by atoms with Crippen LogP contribution in [0.2, 0.25) is 0 Å². The number of nitrogens with one attached hydrogen (secondary N) is 2. The Labute approximate surface area is 85.0 Å². The lowest BCUT2D eigenvalue weighted by molar-refractivity contribution is 0.184. The molecule has 2 N–H and O–H groups in total. The maximum absolute atomic E-state index is 11.6. The minimum Gasteiger partial charge on any atom is -0.341 e. The highest BCUT2D eigenvalue weighted by Gasteiger charge is 2.35. The summed E-state index contributed by atoms with van der Waals surface area (Å²) in [5, 5.41) is 6.21. The second-order valence-corrected chi connectivity index (χ2v) is 4.16. The van der Waals surface area contributed by atoms with E-state index in [0.29, 0.717) is 12.1 Å². The Kier molecular flexibility index (Phi) is 2.91. The fraction of sp³-hybridized carbons (Fsp3) is 0.900. The molecule has 2 unspecified atom stereocenters. The molecule has 0 aromatic carbocycles. The maximum atomic E-state index is 11.6. The molecule has 2 aliphatic rings. The molecule has 0 radical (unpaired) electrons. The first-order valence-corrected chi connectivity index (χ1v) is 5.54. The summed E-state index contributed by atoms with van der Waals surface area (Å²) in [5.74, 6) is 0. The number of carbonyl (C=O) groups is 1. The van der Waals surface area contributed by atoms with E-state index >= 15 is 0 Å². The predicted octanol–water partition coefficient (Wildman–Crippen LogP) is 0.542. The Bertz CT molecular complexity index is 213. The van der Waals surface area contributed by atoms with Gasteiger partial charge in [-0.1, -0.05) is 0 Å². The Hall–Kier alpha value is -0.770. The zero-order valence-electron chi connectivity index (χ0n) is 8.75. The van der Waals surface area contributed by atoms with Crippen molar-refractivity contribution in [3.63, 3.8) is 0 Å². The standard InChI is InChI=1S/C10H19N3O/c1-11-10(14)13-7-3-5-9(13)8-4-2-6-12-8/h8-9,12H,2-7H2,1H3,(H,11,14). The topological polar surface area (TPSA) is 44.4 Å². The van der Waals surface area contributed by atoms with Crippen molar-refractivity contribution in [3.05, 3.63) is 0 Å². The zero-order chi connectivity index (χ0) is 9.97. The largest absolute Gasteiger partial charge is 0.341 e. The summed E-state index contributed by atoms with van der Waals surface area (Å²) >= 11 is 0. The van der Waals surface area contributed by atoms with Crippen LogP contribution in [0.25, 0.3) is 0 Å². The molecule has 2 aliphatic heterocycles.